The number of hydrogen-bond acceptors (Lipinski definition) is 10. The van der Waals surface area contributed by atoms with E-state index in [1.165, 1.54) is 66.9 Å². The average molecular weight is 474 g/mol. The first-order valence-corrected chi connectivity index (χ1v) is 10.0. The molecule has 0 aliphatic heterocycles. The summed E-state index contributed by atoms with van der Waals surface area (Å²) in [5, 5.41) is 0. The molecule has 0 aliphatic carbocycles. The van der Waals surface area contributed by atoms with Gasteiger partial charge < -0.3 is 28.4 Å². The summed E-state index contributed by atoms with van der Waals surface area (Å²) in [5.41, 5.74) is 0.00538. The lowest BCUT2D eigenvalue weighted by atomic mass is 9.99. The Labute approximate surface area is 196 Å². The molecule has 2 rings (SSSR count). The first-order chi connectivity index (χ1) is 16.3. The average Bonchev–Trinajstić information content (AvgIpc) is 2.88. The van der Waals surface area contributed by atoms with Gasteiger partial charge in [0.15, 0.2) is 23.0 Å². The van der Waals surface area contributed by atoms with Crippen molar-refractivity contribution in [3.05, 3.63) is 35.4 Å². The van der Waals surface area contributed by atoms with Crippen LogP contribution in [0.4, 0.5) is 0 Å². The second-order valence-corrected chi connectivity index (χ2v) is 6.83. The van der Waals surface area contributed by atoms with Crippen molar-refractivity contribution < 1.29 is 47.6 Å². The zero-order valence-electron chi connectivity index (χ0n) is 19.8. The third-order valence-electron chi connectivity index (χ3n) is 4.94. The summed E-state index contributed by atoms with van der Waals surface area (Å²) in [4.78, 5) is 50.2. The third kappa shape index (κ3) is 5.45. The van der Waals surface area contributed by atoms with E-state index in [2.05, 4.69) is 0 Å². The molecule has 10 nitrogen and oxygen atoms in total. The maximum Gasteiger partial charge on any atom is 0.228 e. The molecule has 0 N–H and O–H groups in total. The number of ether oxygens (including phenoxy) is 6. The number of carbonyl (C=O) groups excluding carboxylic acids is 4. The van der Waals surface area contributed by atoms with E-state index in [0.29, 0.717) is 0 Å². The highest BCUT2D eigenvalue weighted by Crippen LogP contribution is 2.39. The van der Waals surface area contributed by atoms with Gasteiger partial charge in [0.1, 0.15) is 0 Å². The summed E-state index contributed by atoms with van der Waals surface area (Å²) in [5.74, 6) is -2.07. The zero-order chi connectivity index (χ0) is 25.4. The maximum atomic E-state index is 12.6. The van der Waals surface area contributed by atoms with Crippen LogP contribution in [0, 0.1) is 0 Å². The zero-order valence-corrected chi connectivity index (χ0v) is 19.8. The van der Waals surface area contributed by atoms with Crippen LogP contribution in [0.15, 0.2) is 24.3 Å². The van der Waals surface area contributed by atoms with Crippen LogP contribution in [0.2, 0.25) is 0 Å². The minimum absolute atomic E-state index is 0.00269. The molecule has 0 aliphatic rings. The van der Waals surface area contributed by atoms with Crippen LogP contribution in [0.3, 0.4) is 0 Å². The lowest BCUT2D eigenvalue weighted by Crippen LogP contribution is -2.20. The van der Waals surface area contributed by atoms with E-state index in [1.54, 1.807) is 0 Å². The summed E-state index contributed by atoms with van der Waals surface area (Å²) in [7, 11) is 8.32. The number of benzene rings is 2. The SMILES string of the molecule is COc1cc(C(=O)C(=O)CCC(=O)C(=O)c2cc(OC)c(OC)c(OC)c2)cc(OC)c1OC. The molecule has 0 spiro atoms. The Morgan fingerprint density at radius 1 is 0.500 bits per heavy atom. The van der Waals surface area contributed by atoms with Crippen LogP contribution in [0.25, 0.3) is 0 Å². The summed E-state index contributed by atoms with van der Waals surface area (Å²) in [6.07, 6.45) is -0.908. The Kier molecular flexibility index (Phi) is 9.00. The molecule has 0 unspecified atom stereocenters. The van der Waals surface area contributed by atoms with Gasteiger partial charge in [-0.2, -0.15) is 0 Å². The molecule has 2 aromatic rings. The van der Waals surface area contributed by atoms with Crippen LogP contribution in [0.5, 0.6) is 34.5 Å². The second kappa shape index (κ2) is 11.7. The molecule has 0 atom stereocenters. The largest absolute Gasteiger partial charge is 0.493 e. The summed E-state index contributed by atoms with van der Waals surface area (Å²) in [6, 6.07) is 5.35. The van der Waals surface area contributed by atoms with Gasteiger partial charge in [-0.05, 0) is 24.3 Å². The first-order valence-electron chi connectivity index (χ1n) is 10.0. The molecule has 0 bridgehead atoms. The Morgan fingerprint density at radius 2 is 0.765 bits per heavy atom. The number of methoxy groups -OCH3 is 6. The molecule has 0 heterocycles. The van der Waals surface area contributed by atoms with Gasteiger partial charge in [0, 0.05) is 24.0 Å². The van der Waals surface area contributed by atoms with Crippen LogP contribution in [-0.4, -0.2) is 65.8 Å². The van der Waals surface area contributed by atoms with Crippen molar-refractivity contribution in [3.8, 4) is 34.5 Å². The van der Waals surface area contributed by atoms with Gasteiger partial charge in [-0.15, -0.1) is 0 Å². The minimum Gasteiger partial charge on any atom is -0.493 e. The van der Waals surface area contributed by atoms with E-state index in [9.17, 15) is 19.2 Å². The van der Waals surface area contributed by atoms with Crippen molar-refractivity contribution in [3.63, 3.8) is 0 Å². The van der Waals surface area contributed by atoms with Crippen LogP contribution >= 0.6 is 0 Å². The molecule has 0 radical (unpaired) electrons. The van der Waals surface area contributed by atoms with E-state index in [4.69, 9.17) is 28.4 Å². The Hall–Kier alpha value is -4.08. The molecular formula is C24H26O10. The van der Waals surface area contributed by atoms with E-state index >= 15 is 0 Å². The van der Waals surface area contributed by atoms with Crippen molar-refractivity contribution in [2.45, 2.75) is 12.8 Å². The molecule has 0 saturated carbocycles. The quantitative estimate of drug-likeness (QED) is 0.316. The number of Topliss-reactive ketones (excluding diaryl/α,β-unsaturated/α-hetero) is 4. The van der Waals surface area contributed by atoms with Crippen molar-refractivity contribution in [2.75, 3.05) is 42.7 Å². The highest BCUT2D eigenvalue weighted by Gasteiger charge is 2.25. The monoisotopic (exact) mass is 474 g/mol. The Morgan fingerprint density at radius 3 is 0.971 bits per heavy atom. The van der Waals surface area contributed by atoms with Crippen molar-refractivity contribution in [1.82, 2.24) is 0 Å². The molecule has 34 heavy (non-hydrogen) atoms. The topological polar surface area (TPSA) is 124 Å². The molecular weight excluding hydrogens is 448 g/mol. The molecule has 182 valence electrons. The fourth-order valence-corrected chi connectivity index (χ4v) is 3.20. The van der Waals surface area contributed by atoms with Crippen LogP contribution in [0.1, 0.15) is 33.6 Å². The molecule has 0 amide bonds. The lowest BCUT2D eigenvalue weighted by Gasteiger charge is -2.13. The van der Waals surface area contributed by atoms with Gasteiger partial charge in [0.05, 0.1) is 42.7 Å². The normalized spacial score (nSPS) is 10.2. The van der Waals surface area contributed by atoms with E-state index in [-0.39, 0.29) is 45.6 Å². The minimum atomic E-state index is -0.854. The van der Waals surface area contributed by atoms with Crippen LogP contribution < -0.4 is 28.4 Å². The molecule has 0 fully saturated rings. The van der Waals surface area contributed by atoms with Gasteiger partial charge in [-0.25, -0.2) is 0 Å². The molecule has 2 aromatic carbocycles. The van der Waals surface area contributed by atoms with Crippen molar-refractivity contribution in [2.24, 2.45) is 0 Å². The predicted molar refractivity (Wildman–Crippen MR) is 120 cm³/mol. The smallest absolute Gasteiger partial charge is 0.228 e. The van der Waals surface area contributed by atoms with Gasteiger partial charge >= 0.3 is 0 Å². The standard InChI is InChI=1S/C24H26O10/c1-29-17-9-13(10-18(30-2)23(17)33-5)21(27)15(25)7-8-16(26)22(28)14-11-19(31-3)24(34-6)20(12-14)32-4/h9-12H,7-8H2,1-6H3. The van der Waals surface area contributed by atoms with E-state index < -0.39 is 36.0 Å². The van der Waals surface area contributed by atoms with E-state index in [1.807, 2.05) is 0 Å². The predicted octanol–water partition coefficient (Wildman–Crippen LogP) is 2.72. The van der Waals surface area contributed by atoms with Gasteiger partial charge in [0.25, 0.3) is 0 Å². The number of ketones is 4. The highest BCUT2D eigenvalue weighted by molar-refractivity contribution is 6.47. The molecule has 10 heteroatoms. The Balaban J connectivity index is 2.17. The highest BCUT2D eigenvalue weighted by atomic mass is 16.5. The number of rotatable bonds is 13. The number of carbonyl (C=O) groups is 4. The van der Waals surface area contributed by atoms with Gasteiger partial charge in [-0.1, -0.05) is 0 Å². The summed E-state index contributed by atoms with van der Waals surface area (Å²) >= 11 is 0. The van der Waals surface area contributed by atoms with Crippen LogP contribution in [-0.2, 0) is 9.59 Å². The lowest BCUT2D eigenvalue weighted by molar-refractivity contribution is -0.119. The Bertz CT molecular complexity index is 965. The fraction of sp³-hybridized carbons (Fsp3) is 0.333. The van der Waals surface area contributed by atoms with Crippen molar-refractivity contribution >= 4 is 23.1 Å². The number of hydrogen-bond donors (Lipinski definition) is 0. The first kappa shape index (κ1) is 26.2. The molecule has 0 saturated heterocycles. The maximum absolute atomic E-state index is 12.6. The van der Waals surface area contributed by atoms with Gasteiger partial charge in [0.2, 0.25) is 34.6 Å². The second-order valence-electron chi connectivity index (χ2n) is 6.83. The van der Waals surface area contributed by atoms with E-state index in [0.717, 1.165) is 0 Å². The van der Waals surface area contributed by atoms with Crippen molar-refractivity contribution in [1.29, 1.82) is 0 Å². The summed E-state index contributed by atoms with van der Waals surface area (Å²) in [6.45, 7) is 0. The molecule has 0 aromatic heterocycles. The fourth-order valence-electron chi connectivity index (χ4n) is 3.20. The third-order valence-corrected chi connectivity index (χ3v) is 4.94. The van der Waals surface area contributed by atoms with Gasteiger partial charge in [-0.3, -0.25) is 19.2 Å². The summed E-state index contributed by atoms with van der Waals surface area (Å²) < 4.78 is 31.1.